The number of carbonyl (C=O) groups excluding carboxylic acids is 1. The number of amides is 1. The van der Waals surface area contributed by atoms with E-state index in [1.807, 2.05) is 0 Å². The molecule has 0 fully saturated rings. The van der Waals surface area contributed by atoms with E-state index in [0.717, 1.165) is 0 Å². The molecule has 1 amide bonds. The Labute approximate surface area is 112 Å². The number of hydrogen-bond donors (Lipinski definition) is 1. The fourth-order valence-corrected chi connectivity index (χ4v) is 1.65. The summed E-state index contributed by atoms with van der Waals surface area (Å²) in [7, 11) is 1.56. The van der Waals surface area contributed by atoms with E-state index < -0.39 is 17.7 Å². The van der Waals surface area contributed by atoms with Crippen LogP contribution in [0.4, 0.5) is 10.5 Å². The van der Waals surface area contributed by atoms with E-state index in [9.17, 15) is 9.59 Å². The van der Waals surface area contributed by atoms with Crippen molar-refractivity contribution in [2.75, 3.05) is 11.9 Å². The number of benzene rings is 1. The highest BCUT2D eigenvalue weighted by molar-refractivity contribution is 5.94. The van der Waals surface area contributed by atoms with Crippen LogP contribution in [0.2, 0.25) is 0 Å². The lowest BCUT2D eigenvalue weighted by Gasteiger charge is -2.25. The maximum atomic E-state index is 11.9. The van der Waals surface area contributed by atoms with Gasteiger partial charge in [0.2, 0.25) is 0 Å². The molecule has 0 radical (unpaired) electrons. The lowest BCUT2D eigenvalue weighted by Crippen LogP contribution is -2.34. The molecule has 0 unspecified atom stereocenters. The van der Waals surface area contributed by atoms with Gasteiger partial charge >= 0.3 is 12.1 Å². The molecule has 19 heavy (non-hydrogen) atoms. The molecule has 0 aliphatic carbocycles. The van der Waals surface area contributed by atoms with E-state index in [2.05, 4.69) is 0 Å². The average molecular weight is 265 g/mol. The van der Waals surface area contributed by atoms with E-state index in [0.29, 0.717) is 11.3 Å². The Kier molecular flexibility index (Phi) is 4.19. The van der Waals surface area contributed by atoms with Gasteiger partial charge in [0.25, 0.3) is 0 Å². The number of aromatic carboxylic acids is 1. The Morgan fingerprint density at radius 1 is 1.26 bits per heavy atom. The third-order valence-electron chi connectivity index (χ3n) is 2.56. The molecule has 1 aromatic carbocycles. The molecular formula is C14H19NO4. The quantitative estimate of drug-likeness (QED) is 0.892. The van der Waals surface area contributed by atoms with Crippen molar-refractivity contribution < 1.29 is 19.4 Å². The fraction of sp³-hybridized carbons (Fsp3) is 0.429. The second-order valence-electron chi connectivity index (χ2n) is 5.29. The summed E-state index contributed by atoms with van der Waals surface area (Å²) in [5.41, 5.74) is 0.634. The average Bonchev–Trinajstić information content (AvgIpc) is 2.25. The molecule has 0 saturated heterocycles. The van der Waals surface area contributed by atoms with Gasteiger partial charge < -0.3 is 9.84 Å². The monoisotopic (exact) mass is 265 g/mol. The predicted molar refractivity (Wildman–Crippen MR) is 72.8 cm³/mol. The summed E-state index contributed by atoms with van der Waals surface area (Å²) < 4.78 is 5.25. The molecule has 1 aromatic rings. The van der Waals surface area contributed by atoms with Crippen LogP contribution in [-0.4, -0.2) is 29.8 Å². The Balaban J connectivity index is 3.07. The van der Waals surface area contributed by atoms with Gasteiger partial charge in [0.1, 0.15) is 5.60 Å². The summed E-state index contributed by atoms with van der Waals surface area (Å²) >= 11 is 0. The number of carboxylic acids is 1. The number of rotatable bonds is 2. The molecule has 0 aromatic heterocycles. The number of hydrogen-bond acceptors (Lipinski definition) is 3. The zero-order valence-electron chi connectivity index (χ0n) is 11.9. The molecule has 1 N–H and O–H groups in total. The van der Waals surface area contributed by atoms with Crippen LogP contribution in [0.15, 0.2) is 18.2 Å². The highest BCUT2D eigenvalue weighted by Gasteiger charge is 2.22. The standard InChI is InChI=1S/C14H19NO4/c1-9-10(12(16)17)7-6-8-11(9)15(5)13(18)19-14(2,3)4/h6-8H,1-5H3,(H,16,17). The van der Waals surface area contributed by atoms with Gasteiger partial charge in [-0.15, -0.1) is 0 Å². The second kappa shape index (κ2) is 5.30. The molecular weight excluding hydrogens is 246 g/mol. The number of ether oxygens (including phenoxy) is 1. The van der Waals surface area contributed by atoms with E-state index in [1.165, 1.54) is 11.0 Å². The summed E-state index contributed by atoms with van der Waals surface area (Å²) in [4.78, 5) is 24.3. The minimum atomic E-state index is -1.02. The van der Waals surface area contributed by atoms with Gasteiger partial charge in [-0.1, -0.05) is 6.07 Å². The Morgan fingerprint density at radius 2 is 1.84 bits per heavy atom. The first-order chi connectivity index (χ1) is 8.63. The van der Waals surface area contributed by atoms with Crippen molar-refractivity contribution >= 4 is 17.7 Å². The van der Waals surface area contributed by atoms with Crippen LogP contribution in [0.1, 0.15) is 36.7 Å². The third kappa shape index (κ3) is 3.71. The lowest BCUT2D eigenvalue weighted by atomic mass is 10.1. The summed E-state index contributed by atoms with van der Waals surface area (Å²) in [5.74, 6) is -1.02. The first-order valence-electron chi connectivity index (χ1n) is 5.93. The summed E-state index contributed by atoms with van der Waals surface area (Å²) in [6.45, 7) is 7.00. The molecule has 104 valence electrons. The van der Waals surface area contributed by atoms with Crippen LogP contribution in [0, 0.1) is 6.92 Å². The predicted octanol–water partition coefficient (Wildman–Crippen LogP) is 3.06. The minimum absolute atomic E-state index is 0.174. The van der Waals surface area contributed by atoms with Crippen LogP contribution in [0.5, 0.6) is 0 Å². The van der Waals surface area contributed by atoms with Crippen molar-refractivity contribution in [1.82, 2.24) is 0 Å². The normalized spacial score (nSPS) is 11.0. The van der Waals surface area contributed by atoms with Gasteiger partial charge in [0.15, 0.2) is 0 Å². The topological polar surface area (TPSA) is 66.8 Å². The third-order valence-corrected chi connectivity index (χ3v) is 2.56. The van der Waals surface area contributed by atoms with E-state index in [1.54, 1.807) is 46.9 Å². The fourth-order valence-electron chi connectivity index (χ4n) is 1.65. The number of carboxylic acid groups (broad SMARTS) is 1. The first-order valence-corrected chi connectivity index (χ1v) is 5.93. The summed E-state index contributed by atoms with van der Waals surface area (Å²) in [6, 6.07) is 4.79. The van der Waals surface area contributed by atoms with Gasteiger partial charge in [-0.2, -0.15) is 0 Å². The maximum absolute atomic E-state index is 11.9. The van der Waals surface area contributed by atoms with Gasteiger partial charge in [-0.25, -0.2) is 9.59 Å². The zero-order chi connectivity index (χ0) is 14.8. The van der Waals surface area contributed by atoms with Gasteiger partial charge in [-0.05, 0) is 45.4 Å². The largest absolute Gasteiger partial charge is 0.478 e. The van der Waals surface area contributed by atoms with E-state index in [-0.39, 0.29) is 5.56 Å². The SMILES string of the molecule is Cc1c(C(=O)O)cccc1N(C)C(=O)OC(C)(C)C. The molecule has 0 heterocycles. The molecule has 0 spiro atoms. The summed E-state index contributed by atoms with van der Waals surface area (Å²) in [5, 5.41) is 9.06. The van der Waals surface area contributed by atoms with Gasteiger partial charge in [0.05, 0.1) is 11.3 Å². The van der Waals surface area contributed by atoms with Crippen LogP contribution in [0.25, 0.3) is 0 Å². The van der Waals surface area contributed by atoms with Crippen LogP contribution >= 0.6 is 0 Å². The molecule has 0 atom stereocenters. The highest BCUT2D eigenvalue weighted by Crippen LogP contribution is 2.24. The summed E-state index contributed by atoms with van der Waals surface area (Å²) in [6.07, 6.45) is -0.516. The molecule has 0 aliphatic heterocycles. The van der Waals surface area contributed by atoms with Crippen molar-refractivity contribution in [1.29, 1.82) is 0 Å². The second-order valence-corrected chi connectivity index (χ2v) is 5.29. The zero-order valence-corrected chi connectivity index (χ0v) is 11.9. The lowest BCUT2D eigenvalue weighted by molar-refractivity contribution is 0.0587. The highest BCUT2D eigenvalue weighted by atomic mass is 16.6. The van der Waals surface area contributed by atoms with E-state index in [4.69, 9.17) is 9.84 Å². The van der Waals surface area contributed by atoms with Crippen molar-refractivity contribution in [3.8, 4) is 0 Å². The van der Waals surface area contributed by atoms with Crippen LogP contribution < -0.4 is 4.90 Å². The Hall–Kier alpha value is -2.04. The Morgan fingerprint density at radius 3 is 2.32 bits per heavy atom. The first kappa shape index (κ1) is 15.0. The molecule has 0 aliphatic rings. The van der Waals surface area contributed by atoms with Crippen molar-refractivity contribution in [2.24, 2.45) is 0 Å². The van der Waals surface area contributed by atoms with Gasteiger partial charge in [-0.3, -0.25) is 4.90 Å². The van der Waals surface area contributed by atoms with Crippen molar-refractivity contribution in [2.45, 2.75) is 33.3 Å². The molecule has 0 saturated carbocycles. The molecule has 5 heteroatoms. The maximum Gasteiger partial charge on any atom is 0.414 e. The van der Waals surface area contributed by atoms with Crippen LogP contribution in [-0.2, 0) is 4.74 Å². The van der Waals surface area contributed by atoms with Crippen molar-refractivity contribution in [3.05, 3.63) is 29.3 Å². The molecule has 5 nitrogen and oxygen atoms in total. The molecule has 0 bridgehead atoms. The number of anilines is 1. The van der Waals surface area contributed by atoms with Gasteiger partial charge in [0, 0.05) is 7.05 Å². The number of carbonyl (C=O) groups is 2. The van der Waals surface area contributed by atoms with Crippen molar-refractivity contribution in [3.63, 3.8) is 0 Å². The van der Waals surface area contributed by atoms with Crippen LogP contribution in [0.3, 0.4) is 0 Å². The van der Waals surface area contributed by atoms with E-state index >= 15 is 0 Å². The minimum Gasteiger partial charge on any atom is -0.478 e. The number of nitrogens with zero attached hydrogens (tertiary/aromatic N) is 1. The molecule has 1 rings (SSSR count). The Bertz CT molecular complexity index is 503. The smallest absolute Gasteiger partial charge is 0.414 e.